The van der Waals surface area contributed by atoms with Crippen molar-refractivity contribution in [3.8, 4) is 16.8 Å². The second-order valence-corrected chi connectivity index (χ2v) is 9.21. The third-order valence-electron chi connectivity index (χ3n) is 5.01. The number of rotatable bonds is 7. The Hall–Kier alpha value is -3.50. The number of thioether (sulfide) groups is 1. The lowest BCUT2D eigenvalue weighted by atomic mass is 10.0. The van der Waals surface area contributed by atoms with Crippen LogP contribution in [0.25, 0.3) is 16.8 Å². The first-order valence-electron chi connectivity index (χ1n) is 10.2. The van der Waals surface area contributed by atoms with Crippen molar-refractivity contribution in [3.63, 3.8) is 0 Å². The number of nitrogens with one attached hydrogen (secondary N) is 1. The van der Waals surface area contributed by atoms with Crippen molar-refractivity contribution in [1.82, 2.24) is 14.8 Å². The van der Waals surface area contributed by atoms with Gasteiger partial charge >= 0.3 is 5.97 Å². The Kier molecular flexibility index (Phi) is 7.09. The molecule has 4 aromatic rings. The van der Waals surface area contributed by atoms with E-state index in [0.29, 0.717) is 27.1 Å². The topological polar surface area (TPSA) is 86.1 Å². The SMILES string of the molecule is COC(=O)c1c(-c2ccc(F)cc2)csc1NC(=O)CSc1nnc(C)n1-c1ccc(C)cc1. The zero-order chi connectivity index (χ0) is 24.2. The van der Waals surface area contributed by atoms with Crippen molar-refractivity contribution in [1.29, 1.82) is 0 Å². The predicted molar refractivity (Wildman–Crippen MR) is 131 cm³/mol. The van der Waals surface area contributed by atoms with E-state index >= 15 is 0 Å². The highest BCUT2D eigenvalue weighted by atomic mass is 32.2. The highest BCUT2D eigenvalue weighted by Crippen LogP contribution is 2.36. The smallest absolute Gasteiger partial charge is 0.341 e. The molecule has 4 rings (SSSR count). The standard InChI is InChI=1S/C24H21FN4O3S2/c1-14-4-10-18(11-5-14)29-15(2)27-28-24(29)34-13-20(30)26-22-21(23(31)32-3)19(12-33-22)16-6-8-17(25)9-7-16/h4-12H,13H2,1-3H3,(H,26,30). The van der Waals surface area contributed by atoms with Gasteiger partial charge < -0.3 is 10.1 Å². The van der Waals surface area contributed by atoms with Gasteiger partial charge in [0.05, 0.1) is 12.9 Å². The van der Waals surface area contributed by atoms with E-state index in [0.717, 1.165) is 11.3 Å². The number of ether oxygens (including phenoxy) is 1. The summed E-state index contributed by atoms with van der Waals surface area (Å²) < 4.78 is 20.1. The van der Waals surface area contributed by atoms with Gasteiger partial charge in [0.2, 0.25) is 5.91 Å². The second kappa shape index (κ2) is 10.2. The third-order valence-corrected chi connectivity index (χ3v) is 6.83. The number of anilines is 1. The first-order chi connectivity index (χ1) is 16.4. The van der Waals surface area contributed by atoms with Crippen molar-refractivity contribution in [3.05, 3.63) is 76.7 Å². The van der Waals surface area contributed by atoms with E-state index < -0.39 is 5.97 Å². The number of amides is 1. The first-order valence-corrected chi connectivity index (χ1v) is 12.1. The van der Waals surface area contributed by atoms with E-state index in [4.69, 9.17) is 4.74 Å². The Bertz CT molecular complexity index is 1330. The molecule has 7 nitrogen and oxygen atoms in total. The molecule has 0 atom stereocenters. The molecule has 0 spiro atoms. The quantitative estimate of drug-likeness (QED) is 0.277. The van der Waals surface area contributed by atoms with Crippen molar-refractivity contribution >= 4 is 40.0 Å². The molecule has 0 aliphatic rings. The Morgan fingerprint density at radius 3 is 2.47 bits per heavy atom. The van der Waals surface area contributed by atoms with Crippen LogP contribution in [0.4, 0.5) is 9.39 Å². The average Bonchev–Trinajstić information content (AvgIpc) is 3.41. The molecule has 0 saturated carbocycles. The van der Waals surface area contributed by atoms with Crippen molar-refractivity contribution in [2.75, 3.05) is 18.2 Å². The fourth-order valence-corrected chi connectivity index (χ4v) is 5.09. The Labute approximate surface area is 204 Å². The number of hydrogen-bond donors (Lipinski definition) is 1. The largest absolute Gasteiger partial charge is 0.465 e. The summed E-state index contributed by atoms with van der Waals surface area (Å²) in [5.74, 6) is -0.495. The van der Waals surface area contributed by atoms with Crippen LogP contribution in [0.2, 0.25) is 0 Å². The number of aromatic nitrogens is 3. The van der Waals surface area contributed by atoms with E-state index in [1.807, 2.05) is 42.7 Å². The zero-order valence-corrected chi connectivity index (χ0v) is 20.3. The molecular weight excluding hydrogens is 475 g/mol. The van der Waals surface area contributed by atoms with Crippen LogP contribution in [-0.2, 0) is 9.53 Å². The van der Waals surface area contributed by atoms with Crippen molar-refractivity contribution < 1.29 is 18.7 Å². The van der Waals surface area contributed by atoms with Crippen LogP contribution in [0.15, 0.2) is 59.1 Å². The zero-order valence-electron chi connectivity index (χ0n) is 18.7. The molecule has 0 aliphatic carbocycles. The van der Waals surface area contributed by atoms with Gasteiger partial charge in [0.1, 0.15) is 22.2 Å². The lowest BCUT2D eigenvalue weighted by Crippen LogP contribution is -2.16. The molecule has 174 valence electrons. The summed E-state index contributed by atoms with van der Waals surface area (Å²) in [6.45, 7) is 3.86. The molecule has 10 heteroatoms. The van der Waals surface area contributed by atoms with Gasteiger partial charge in [-0.1, -0.05) is 41.6 Å². The molecule has 0 saturated heterocycles. The maximum absolute atomic E-state index is 13.3. The number of carbonyl (C=O) groups is 2. The molecule has 1 N–H and O–H groups in total. The summed E-state index contributed by atoms with van der Waals surface area (Å²) in [5.41, 5.74) is 3.49. The number of halogens is 1. The molecule has 0 aliphatic heterocycles. The Morgan fingerprint density at radius 2 is 1.79 bits per heavy atom. The average molecular weight is 497 g/mol. The number of carbonyl (C=O) groups excluding carboxylic acids is 2. The first kappa shape index (κ1) is 23.7. The van der Waals surface area contributed by atoms with Crippen LogP contribution < -0.4 is 5.32 Å². The maximum atomic E-state index is 13.3. The van der Waals surface area contributed by atoms with Crippen LogP contribution in [0, 0.1) is 19.7 Å². The van der Waals surface area contributed by atoms with Gasteiger partial charge in [-0.25, -0.2) is 9.18 Å². The minimum atomic E-state index is -0.585. The maximum Gasteiger partial charge on any atom is 0.341 e. The second-order valence-electron chi connectivity index (χ2n) is 7.39. The summed E-state index contributed by atoms with van der Waals surface area (Å²) in [5, 5.41) is 13.8. The fraction of sp³-hybridized carbons (Fsp3) is 0.167. The number of methoxy groups -OCH3 is 1. The number of hydrogen-bond acceptors (Lipinski definition) is 7. The van der Waals surface area contributed by atoms with E-state index in [9.17, 15) is 14.0 Å². The van der Waals surface area contributed by atoms with E-state index in [-0.39, 0.29) is 23.0 Å². The number of benzene rings is 2. The normalized spacial score (nSPS) is 10.8. The van der Waals surface area contributed by atoms with Gasteiger partial charge in [-0.15, -0.1) is 21.5 Å². The molecule has 0 unspecified atom stereocenters. The highest BCUT2D eigenvalue weighted by Gasteiger charge is 2.23. The summed E-state index contributed by atoms with van der Waals surface area (Å²) in [4.78, 5) is 25.2. The molecule has 0 bridgehead atoms. The van der Waals surface area contributed by atoms with Gasteiger partial charge in [0, 0.05) is 16.6 Å². The summed E-state index contributed by atoms with van der Waals surface area (Å²) >= 11 is 2.45. The number of thiophene rings is 1. The van der Waals surface area contributed by atoms with Crippen LogP contribution in [0.5, 0.6) is 0 Å². The molecule has 2 heterocycles. The minimum Gasteiger partial charge on any atom is -0.465 e. The molecular formula is C24H21FN4O3S2. The molecule has 1 amide bonds. The Morgan fingerprint density at radius 1 is 1.09 bits per heavy atom. The van der Waals surface area contributed by atoms with E-state index in [2.05, 4.69) is 15.5 Å². The fourth-order valence-electron chi connectivity index (χ4n) is 3.32. The third kappa shape index (κ3) is 5.02. The van der Waals surface area contributed by atoms with Crippen molar-refractivity contribution in [2.24, 2.45) is 0 Å². The lowest BCUT2D eigenvalue weighted by Gasteiger charge is -2.09. The van der Waals surface area contributed by atoms with Crippen LogP contribution >= 0.6 is 23.1 Å². The molecule has 0 fully saturated rings. The van der Waals surface area contributed by atoms with Crippen molar-refractivity contribution in [2.45, 2.75) is 19.0 Å². The minimum absolute atomic E-state index is 0.0639. The summed E-state index contributed by atoms with van der Waals surface area (Å²) in [7, 11) is 1.27. The monoisotopic (exact) mass is 496 g/mol. The number of aryl methyl sites for hydroxylation is 2. The van der Waals surface area contributed by atoms with Gasteiger partial charge in [-0.05, 0) is 43.7 Å². The van der Waals surface area contributed by atoms with Crippen LogP contribution in [0.3, 0.4) is 0 Å². The van der Waals surface area contributed by atoms with Gasteiger partial charge in [0.15, 0.2) is 5.16 Å². The number of nitrogens with zero attached hydrogens (tertiary/aromatic N) is 3. The van der Waals surface area contributed by atoms with Gasteiger partial charge in [0.25, 0.3) is 0 Å². The molecule has 0 radical (unpaired) electrons. The molecule has 2 aromatic heterocycles. The predicted octanol–water partition coefficient (Wildman–Crippen LogP) is 5.27. The van der Waals surface area contributed by atoms with Gasteiger partial charge in [-0.3, -0.25) is 9.36 Å². The highest BCUT2D eigenvalue weighted by molar-refractivity contribution is 7.99. The van der Waals surface area contributed by atoms with Crippen LogP contribution in [0.1, 0.15) is 21.7 Å². The number of esters is 1. The molecule has 34 heavy (non-hydrogen) atoms. The van der Waals surface area contributed by atoms with E-state index in [1.54, 1.807) is 17.5 Å². The lowest BCUT2D eigenvalue weighted by molar-refractivity contribution is -0.113. The van der Waals surface area contributed by atoms with Gasteiger partial charge in [-0.2, -0.15) is 0 Å². The van der Waals surface area contributed by atoms with E-state index in [1.165, 1.54) is 42.3 Å². The van der Waals surface area contributed by atoms with Crippen LogP contribution in [-0.4, -0.2) is 39.5 Å². The summed E-state index contributed by atoms with van der Waals surface area (Å²) in [6.07, 6.45) is 0. The summed E-state index contributed by atoms with van der Waals surface area (Å²) in [6, 6.07) is 13.7. The molecule has 2 aromatic carbocycles. The Balaban J connectivity index is 1.52.